The zero-order valence-corrected chi connectivity index (χ0v) is 19.3. The summed E-state index contributed by atoms with van der Waals surface area (Å²) in [7, 11) is 0. The van der Waals surface area contributed by atoms with Crippen LogP contribution in [0.15, 0.2) is 24.3 Å². The second kappa shape index (κ2) is 8.74. The van der Waals surface area contributed by atoms with Crippen LogP contribution < -0.4 is 10.1 Å². The summed E-state index contributed by atoms with van der Waals surface area (Å²) in [6.07, 6.45) is 4.36. The Morgan fingerprint density at radius 2 is 2.09 bits per heavy atom. The zero-order chi connectivity index (χ0) is 23.2. The van der Waals surface area contributed by atoms with Crippen LogP contribution in [0.3, 0.4) is 0 Å². The Morgan fingerprint density at radius 1 is 1.27 bits per heavy atom. The Kier molecular flexibility index (Phi) is 5.93. The number of amides is 1. The van der Waals surface area contributed by atoms with E-state index in [2.05, 4.69) is 22.1 Å². The maximum atomic E-state index is 13.1. The number of ether oxygens (including phenoxy) is 1. The number of carbonyl (C=O) groups is 2. The molecule has 6 nitrogen and oxygen atoms in total. The first kappa shape index (κ1) is 22.4. The third-order valence-corrected chi connectivity index (χ3v) is 8.09. The van der Waals surface area contributed by atoms with Crippen LogP contribution in [0.1, 0.15) is 48.7 Å². The fourth-order valence-electron chi connectivity index (χ4n) is 4.74. The van der Waals surface area contributed by atoms with Crippen molar-refractivity contribution in [3.8, 4) is 17.0 Å². The molecule has 1 N–H and O–H groups in total. The van der Waals surface area contributed by atoms with Crippen molar-refractivity contribution in [1.29, 1.82) is 0 Å². The molecule has 2 aliphatic carbocycles. The van der Waals surface area contributed by atoms with Crippen LogP contribution in [-0.4, -0.2) is 45.3 Å². The molecule has 0 radical (unpaired) electrons. The molecule has 1 saturated heterocycles. The van der Waals surface area contributed by atoms with E-state index in [1.54, 1.807) is 12.1 Å². The van der Waals surface area contributed by atoms with E-state index in [0.717, 1.165) is 42.0 Å². The van der Waals surface area contributed by atoms with E-state index in [-0.39, 0.29) is 34.9 Å². The Morgan fingerprint density at radius 3 is 2.79 bits per heavy atom. The lowest BCUT2D eigenvalue weighted by molar-refractivity contribution is -0.126. The molecule has 1 saturated carbocycles. The normalized spacial score (nSPS) is 24.5. The average Bonchev–Trinajstić information content (AvgIpc) is 3.44. The highest BCUT2D eigenvalue weighted by Crippen LogP contribution is 2.38. The SMILES string of the molecule is CC1(NC(=O)C2CCc3c(-c4cccc(OC(F)F)c4)nn(C(=O)C4CC4)c3C2)CCSC1. The first-order valence-electron chi connectivity index (χ1n) is 11.4. The first-order valence-corrected chi connectivity index (χ1v) is 12.6. The maximum Gasteiger partial charge on any atom is 0.387 e. The Labute approximate surface area is 195 Å². The lowest BCUT2D eigenvalue weighted by atomic mass is 9.84. The molecule has 33 heavy (non-hydrogen) atoms. The van der Waals surface area contributed by atoms with Gasteiger partial charge in [0, 0.05) is 40.7 Å². The minimum Gasteiger partial charge on any atom is -0.435 e. The summed E-state index contributed by atoms with van der Waals surface area (Å²) in [5.74, 6) is 1.75. The van der Waals surface area contributed by atoms with Gasteiger partial charge in [-0.15, -0.1) is 0 Å². The Balaban J connectivity index is 1.45. The number of carbonyl (C=O) groups excluding carboxylic acids is 2. The molecule has 3 aliphatic rings. The van der Waals surface area contributed by atoms with Gasteiger partial charge in [0.1, 0.15) is 5.75 Å². The molecule has 2 atom stereocenters. The summed E-state index contributed by atoms with van der Waals surface area (Å²) >= 11 is 1.85. The van der Waals surface area contributed by atoms with Crippen LogP contribution in [-0.2, 0) is 17.6 Å². The highest BCUT2D eigenvalue weighted by molar-refractivity contribution is 7.99. The van der Waals surface area contributed by atoms with E-state index in [9.17, 15) is 18.4 Å². The number of aromatic nitrogens is 2. The summed E-state index contributed by atoms with van der Waals surface area (Å²) in [4.78, 5) is 26.1. The predicted molar refractivity (Wildman–Crippen MR) is 122 cm³/mol. The number of rotatable bonds is 6. The number of halogens is 2. The summed E-state index contributed by atoms with van der Waals surface area (Å²) in [6.45, 7) is -0.824. The standard InChI is InChI=1S/C24H27F2N3O3S/c1-24(9-10-33-13-24)27-21(30)16-7-8-18-19(12-16)29(22(31)14-5-6-14)28-20(18)15-3-2-4-17(11-15)32-23(25)26/h2-4,11,14,16,23H,5-10,12-13H2,1H3,(H,27,30). The van der Waals surface area contributed by atoms with Crippen LogP contribution >= 0.6 is 11.8 Å². The van der Waals surface area contributed by atoms with E-state index in [1.807, 2.05) is 11.8 Å². The third kappa shape index (κ3) is 4.65. The highest BCUT2D eigenvalue weighted by Gasteiger charge is 2.39. The topological polar surface area (TPSA) is 73.2 Å². The largest absolute Gasteiger partial charge is 0.435 e. The molecule has 1 aliphatic heterocycles. The number of thioether (sulfide) groups is 1. The van der Waals surface area contributed by atoms with Gasteiger partial charge in [0.15, 0.2) is 0 Å². The number of fused-ring (bicyclic) bond motifs is 1. The minimum atomic E-state index is -2.91. The zero-order valence-electron chi connectivity index (χ0n) is 18.5. The molecule has 0 bridgehead atoms. The second-order valence-electron chi connectivity index (χ2n) is 9.50. The molecule has 2 unspecified atom stereocenters. The monoisotopic (exact) mass is 475 g/mol. The van der Waals surface area contributed by atoms with Crippen LogP contribution in [0.4, 0.5) is 8.78 Å². The number of nitrogens with zero attached hydrogens (tertiary/aromatic N) is 2. The van der Waals surface area contributed by atoms with Crippen molar-refractivity contribution in [3.05, 3.63) is 35.5 Å². The van der Waals surface area contributed by atoms with Gasteiger partial charge < -0.3 is 10.1 Å². The summed E-state index contributed by atoms with van der Waals surface area (Å²) in [5, 5.41) is 7.89. The molecular weight excluding hydrogens is 448 g/mol. The van der Waals surface area contributed by atoms with E-state index in [0.29, 0.717) is 30.5 Å². The smallest absolute Gasteiger partial charge is 0.387 e. The summed E-state index contributed by atoms with van der Waals surface area (Å²) < 4.78 is 31.4. The Hall–Kier alpha value is -2.42. The average molecular weight is 476 g/mol. The van der Waals surface area contributed by atoms with Crippen LogP contribution in [0.2, 0.25) is 0 Å². The molecule has 1 aromatic heterocycles. The van der Waals surface area contributed by atoms with E-state index in [4.69, 9.17) is 0 Å². The van der Waals surface area contributed by atoms with Gasteiger partial charge in [0.05, 0.1) is 11.4 Å². The molecule has 1 aromatic carbocycles. The van der Waals surface area contributed by atoms with E-state index < -0.39 is 6.61 Å². The van der Waals surface area contributed by atoms with Crippen molar-refractivity contribution in [2.75, 3.05) is 11.5 Å². The Bertz CT molecular complexity index is 1080. The van der Waals surface area contributed by atoms with Crippen molar-refractivity contribution >= 4 is 23.6 Å². The molecule has 9 heteroatoms. The lowest BCUT2D eigenvalue weighted by Crippen LogP contribution is -2.49. The van der Waals surface area contributed by atoms with Gasteiger partial charge in [-0.25, -0.2) is 4.68 Å². The van der Waals surface area contributed by atoms with Gasteiger partial charge in [-0.3, -0.25) is 9.59 Å². The van der Waals surface area contributed by atoms with Crippen molar-refractivity contribution < 1.29 is 23.1 Å². The van der Waals surface area contributed by atoms with Crippen LogP contribution in [0.25, 0.3) is 11.3 Å². The molecule has 0 spiro atoms. The molecule has 5 rings (SSSR count). The first-order chi connectivity index (χ1) is 15.8. The predicted octanol–water partition coefficient (Wildman–Crippen LogP) is 4.32. The number of benzene rings is 1. The molecular formula is C24H27F2N3O3S. The molecule has 176 valence electrons. The molecule has 2 fully saturated rings. The van der Waals surface area contributed by atoms with Gasteiger partial charge in [-0.2, -0.15) is 25.6 Å². The number of hydrogen-bond donors (Lipinski definition) is 1. The number of hydrogen-bond acceptors (Lipinski definition) is 5. The van der Waals surface area contributed by atoms with E-state index in [1.165, 1.54) is 16.8 Å². The van der Waals surface area contributed by atoms with E-state index >= 15 is 0 Å². The van der Waals surface area contributed by atoms with Crippen molar-refractivity contribution in [3.63, 3.8) is 0 Å². The van der Waals surface area contributed by atoms with Gasteiger partial charge in [-0.1, -0.05) is 12.1 Å². The minimum absolute atomic E-state index is 0.0287. The van der Waals surface area contributed by atoms with Crippen molar-refractivity contribution in [1.82, 2.24) is 15.1 Å². The molecule has 1 amide bonds. The third-order valence-electron chi connectivity index (χ3n) is 6.75. The summed E-state index contributed by atoms with van der Waals surface area (Å²) in [6, 6.07) is 6.42. The summed E-state index contributed by atoms with van der Waals surface area (Å²) in [5.41, 5.74) is 2.76. The quantitative estimate of drug-likeness (QED) is 0.674. The highest BCUT2D eigenvalue weighted by atomic mass is 32.2. The van der Waals surface area contributed by atoms with Crippen LogP contribution in [0.5, 0.6) is 5.75 Å². The van der Waals surface area contributed by atoms with Gasteiger partial charge in [0.2, 0.25) is 11.8 Å². The molecule has 2 heterocycles. The van der Waals surface area contributed by atoms with Crippen LogP contribution in [0, 0.1) is 11.8 Å². The number of nitrogens with one attached hydrogen (secondary N) is 1. The second-order valence-corrected chi connectivity index (χ2v) is 10.6. The number of alkyl halides is 2. The van der Waals surface area contributed by atoms with Gasteiger partial charge >= 0.3 is 6.61 Å². The fraction of sp³-hybridized carbons (Fsp3) is 0.542. The van der Waals surface area contributed by atoms with Crippen molar-refractivity contribution in [2.24, 2.45) is 11.8 Å². The van der Waals surface area contributed by atoms with Gasteiger partial charge in [0.25, 0.3) is 0 Å². The molecule has 2 aromatic rings. The lowest BCUT2D eigenvalue weighted by Gasteiger charge is -2.29. The maximum absolute atomic E-state index is 13.1. The fourth-order valence-corrected chi connectivity index (χ4v) is 6.14. The van der Waals surface area contributed by atoms with Gasteiger partial charge in [-0.05, 0) is 56.9 Å². The van der Waals surface area contributed by atoms with Crippen molar-refractivity contribution in [2.45, 2.75) is 57.6 Å².